The molecule has 0 fully saturated rings. The standard InChI is InChI=1S/C17H14N2OS4/c1-3-20-11-5-7-13-15(9-11)22-17(19-13)24-23-16-18-12-6-4-10(2)8-14(12)21-16/h4-9H,3H2,1-2H3. The lowest BCUT2D eigenvalue weighted by Crippen LogP contribution is -1.89. The van der Waals surface area contributed by atoms with Crippen molar-refractivity contribution in [2.45, 2.75) is 22.5 Å². The second kappa shape index (κ2) is 6.92. The summed E-state index contributed by atoms with van der Waals surface area (Å²) in [6.07, 6.45) is 0. The van der Waals surface area contributed by atoms with Gasteiger partial charge in [0.1, 0.15) is 5.75 Å². The van der Waals surface area contributed by atoms with E-state index in [0.717, 1.165) is 30.2 Å². The van der Waals surface area contributed by atoms with Crippen molar-refractivity contribution in [1.82, 2.24) is 9.97 Å². The third kappa shape index (κ3) is 3.39. The monoisotopic (exact) mass is 390 g/mol. The summed E-state index contributed by atoms with van der Waals surface area (Å²) >= 11 is 3.43. The third-order valence-corrected chi connectivity index (χ3v) is 8.37. The molecule has 0 bridgehead atoms. The van der Waals surface area contributed by atoms with Crippen LogP contribution in [0.2, 0.25) is 0 Å². The molecule has 2 aromatic carbocycles. The van der Waals surface area contributed by atoms with Gasteiger partial charge in [0.25, 0.3) is 0 Å². The average molecular weight is 391 g/mol. The van der Waals surface area contributed by atoms with Crippen molar-refractivity contribution in [3.8, 4) is 5.75 Å². The summed E-state index contributed by atoms with van der Waals surface area (Å²) in [6, 6.07) is 12.4. The van der Waals surface area contributed by atoms with Crippen molar-refractivity contribution in [3.05, 3.63) is 42.0 Å². The Bertz CT molecular complexity index is 1010. The number of hydrogen-bond donors (Lipinski definition) is 0. The summed E-state index contributed by atoms with van der Waals surface area (Å²) in [7, 11) is 3.34. The summed E-state index contributed by atoms with van der Waals surface area (Å²) in [5.74, 6) is 0.902. The average Bonchev–Trinajstić information content (AvgIpc) is 3.15. The minimum atomic E-state index is 0.679. The smallest absolute Gasteiger partial charge is 0.162 e. The van der Waals surface area contributed by atoms with Crippen LogP contribution < -0.4 is 4.74 Å². The summed E-state index contributed by atoms with van der Waals surface area (Å²) in [6.45, 7) is 4.78. The molecule has 4 aromatic rings. The molecule has 0 N–H and O–H groups in total. The van der Waals surface area contributed by atoms with Gasteiger partial charge in [0, 0.05) is 0 Å². The van der Waals surface area contributed by atoms with Gasteiger partial charge in [-0.25, -0.2) is 9.97 Å². The number of rotatable bonds is 5. The van der Waals surface area contributed by atoms with Crippen molar-refractivity contribution in [2.75, 3.05) is 6.61 Å². The second-order valence-electron chi connectivity index (χ2n) is 5.16. The molecule has 24 heavy (non-hydrogen) atoms. The number of ether oxygens (including phenoxy) is 1. The van der Waals surface area contributed by atoms with Crippen molar-refractivity contribution in [3.63, 3.8) is 0 Å². The van der Waals surface area contributed by atoms with E-state index in [-0.39, 0.29) is 0 Å². The lowest BCUT2D eigenvalue weighted by atomic mass is 10.2. The number of benzene rings is 2. The molecule has 0 radical (unpaired) electrons. The Kier molecular flexibility index (Phi) is 4.67. The Hall–Kier alpha value is -1.28. The van der Waals surface area contributed by atoms with Crippen molar-refractivity contribution in [1.29, 1.82) is 0 Å². The van der Waals surface area contributed by atoms with Gasteiger partial charge < -0.3 is 4.74 Å². The summed E-state index contributed by atoms with van der Waals surface area (Å²) < 4.78 is 10.1. The fourth-order valence-electron chi connectivity index (χ4n) is 2.29. The van der Waals surface area contributed by atoms with E-state index >= 15 is 0 Å². The van der Waals surface area contributed by atoms with E-state index in [2.05, 4.69) is 41.2 Å². The molecule has 2 heterocycles. The molecule has 0 atom stereocenters. The molecular formula is C17H14N2OS4. The van der Waals surface area contributed by atoms with Gasteiger partial charge in [0.2, 0.25) is 0 Å². The molecule has 4 rings (SSSR count). The number of thiazole rings is 2. The maximum absolute atomic E-state index is 5.55. The molecule has 0 aliphatic rings. The van der Waals surface area contributed by atoms with E-state index in [9.17, 15) is 0 Å². The SMILES string of the molecule is CCOc1ccc2nc(SSc3nc4ccc(C)cc4s3)sc2c1. The molecule has 0 aliphatic carbocycles. The first-order chi connectivity index (χ1) is 11.7. The number of hydrogen-bond acceptors (Lipinski definition) is 7. The van der Waals surface area contributed by atoms with Gasteiger partial charge in [0.05, 0.1) is 27.0 Å². The van der Waals surface area contributed by atoms with Gasteiger partial charge in [0.15, 0.2) is 8.68 Å². The molecule has 0 saturated heterocycles. The lowest BCUT2D eigenvalue weighted by molar-refractivity contribution is 0.341. The maximum atomic E-state index is 5.55. The van der Waals surface area contributed by atoms with Gasteiger partial charge >= 0.3 is 0 Å². The van der Waals surface area contributed by atoms with Crippen LogP contribution in [0.3, 0.4) is 0 Å². The zero-order valence-electron chi connectivity index (χ0n) is 13.1. The van der Waals surface area contributed by atoms with Crippen LogP contribution in [0.15, 0.2) is 45.1 Å². The van der Waals surface area contributed by atoms with Crippen LogP contribution in [-0.4, -0.2) is 16.6 Å². The predicted molar refractivity (Wildman–Crippen MR) is 107 cm³/mol. The Balaban J connectivity index is 1.52. The molecule has 3 nitrogen and oxygen atoms in total. The normalized spacial score (nSPS) is 11.4. The van der Waals surface area contributed by atoms with E-state index in [1.807, 2.05) is 19.1 Å². The van der Waals surface area contributed by atoms with Crippen LogP contribution in [0.25, 0.3) is 20.4 Å². The van der Waals surface area contributed by atoms with E-state index in [1.165, 1.54) is 10.3 Å². The Labute approximate surface area is 155 Å². The Morgan fingerprint density at radius 3 is 2.21 bits per heavy atom. The van der Waals surface area contributed by atoms with Crippen LogP contribution in [0.5, 0.6) is 5.75 Å². The number of fused-ring (bicyclic) bond motifs is 2. The Morgan fingerprint density at radius 1 is 0.917 bits per heavy atom. The highest BCUT2D eigenvalue weighted by Crippen LogP contribution is 2.43. The molecule has 122 valence electrons. The highest BCUT2D eigenvalue weighted by molar-refractivity contribution is 8.77. The predicted octanol–water partition coefficient (Wildman–Crippen LogP) is 6.41. The molecule has 0 amide bonds. The topological polar surface area (TPSA) is 35.0 Å². The van der Waals surface area contributed by atoms with Crippen LogP contribution in [-0.2, 0) is 0 Å². The molecular weight excluding hydrogens is 376 g/mol. The van der Waals surface area contributed by atoms with E-state index in [0.29, 0.717) is 6.61 Å². The summed E-state index contributed by atoms with van der Waals surface area (Å²) in [5.41, 5.74) is 3.36. The van der Waals surface area contributed by atoms with Crippen molar-refractivity contribution in [2.24, 2.45) is 0 Å². The fraction of sp³-hybridized carbons (Fsp3) is 0.176. The largest absolute Gasteiger partial charge is 0.494 e. The van der Waals surface area contributed by atoms with Gasteiger partial charge in [-0.05, 0) is 71.3 Å². The van der Waals surface area contributed by atoms with E-state index in [4.69, 9.17) is 4.74 Å². The summed E-state index contributed by atoms with van der Waals surface area (Å²) in [4.78, 5) is 9.36. The first-order valence-corrected chi connectivity index (χ1v) is 11.2. The van der Waals surface area contributed by atoms with Gasteiger partial charge in [-0.1, -0.05) is 6.07 Å². The molecule has 0 unspecified atom stereocenters. The van der Waals surface area contributed by atoms with E-state index in [1.54, 1.807) is 44.3 Å². The van der Waals surface area contributed by atoms with Crippen LogP contribution in [0.4, 0.5) is 0 Å². The molecule has 0 spiro atoms. The second-order valence-corrected chi connectivity index (χ2v) is 9.84. The maximum Gasteiger partial charge on any atom is 0.162 e. The molecule has 0 saturated carbocycles. The highest BCUT2D eigenvalue weighted by atomic mass is 33.1. The first kappa shape index (κ1) is 16.2. The number of nitrogens with zero attached hydrogens (tertiary/aromatic N) is 2. The van der Waals surface area contributed by atoms with Crippen molar-refractivity contribution >= 4 is 64.7 Å². The van der Waals surface area contributed by atoms with Gasteiger partial charge in [-0.15, -0.1) is 22.7 Å². The lowest BCUT2D eigenvalue weighted by Gasteiger charge is -2.00. The minimum Gasteiger partial charge on any atom is -0.494 e. The zero-order chi connectivity index (χ0) is 16.5. The summed E-state index contributed by atoms with van der Waals surface area (Å²) in [5, 5.41) is 0. The molecule has 7 heteroatoms. The quantitative estimate of drug-likeness (QED) is 0.368. The zero-order valence-corrected chi connectivity index (χ0v) is 16.4. The van der Waals surface area contributed by atoms with E-state index < -0.39 is 0 Å². The van der Waals surface area contributed by atoms with Gasteiger partial charge in [-0.2, -0.15) is 0 Å². The van der Waals surface area contributed by atoms with Crippen LogP contribution >= 0.6 is 44.3 Å². The third-order valence-electron chi connectivity index (χ3n) is 3.36. The van der Waals surface area contributed by atoms with Crippen LogP contribution in [0.1, 0.15) is 12.5 Å². The fourth-order valence-corrected chi connectivity index (χ4v) is 6.91. The number of aryl methyl sites for hydroxylation is 1. The first-order valence-electron chi connectivity index (χ1n) is 7.46. The Morgan fingerprint density at radius 2 is 1.54 bits per heavy atom. The number of aromatic nitrogens is 2. The minimum absolute atomic E-state index is 0.679. The molecule has 2 aromatic heterocycles. The highest BCUT2D eigenvalue weighted by Gasteiger charge is 2.10. The van der Waals surface area contributed by atoms with Crippen LogP contribution in [0, 0.1) is 6.92 Å². The van der Waals surface area contributed by atoms with Gasteiger partial charge in [-0.3, -0.25) is 0 Å². The van der Waals surface area contributed by atoms with Crippen molar-refractivity contribution < 1.29 is 4.74 Å². The molecule has 0 aliphatic heterocycles.